The molecule has 0 aliphatic heterocycles. The molecule has 1 aromatic rings. The quantitative estimate of drug-likeness (QED) is 0.780. The molecule has 0 radical (unpaired) electrons. The van der Waals surface area contributed by atoms with Crippen LogP contribution in [0, 0.1) is 12.7 Å². The first-order valence-electron chi connectivity index (χ1n) is 5.26. The molecule has 2 nitrogen and oxygen atoms in total. The molecule has 3 heteroatoms. The molecule has 1 aromatic carbocycles. The van der Waals surface area contributed by atoms with Crippen LogP contribution in [0.1, 0.15) is 24.5 Å². The number of hydrogen-bond donors (Lipinski definition) is 2. The summed E-state index contributed by atoms with van der Waals surface area (Å²) in [6, 6.07) is 4.89. The van der Waals surface area contributed by atoms with Gasteiger partial charge in [-0.1, -0.05) is 13.0 Å². The van der Waals surface area contributed by atoms with E-state index in [-0.39, 0.29) is 18.5 Å². The van der Waals surface area contributed by atoms with Crippen molar-refractivity contribution in [1.82, 2.24) is 5.32 Å². The summed E-state index contributed by atoms with van der Waals surface area (Å²) in [5, 5.41) is 12.2. The van der Waals surface area contributed by atoms with Gasteiger partial charge in [-0.3, -0.25) is 0 Å². The first-order valence-corrected chi connectivity index (χ1v) is 5.26. The van der Waals surface area contributed by atoms with Gasteiger partial charge in [0, 0.05) is 12.6 Å². The Bertz CT molecular complexity index is 310. The van der Waals surface area contributed by atoms with Gasteiger partial charge in [-0.2, -0.15) is 0 Å². The Morgan fingerprint density at radius 3 is 2.73 bits per heavy atom. The molecule has 84 valence electrons. The van der Waals surface area contributed by atoms with Gasteiger partial charge in [0.1, 0.15) is 5.82 Å². The summed E-state index contributed by atoms with van der Waals surface area (Å²) >= 11 is 0. The predicted molar refractivity (Wildman–Crippen MR) is 59.1 cm³/mol. The van der Waals surface area contributed by atoms with Crippen LogP contribution < -0.4 is 5.32 Å². The smallest absolute Gasteiger partial charge is 0.123 e. The maximum atomic E-state index is 12.8. The van der Waals surface area contributed by atoms with Crippen molar-refractivity contribution in [2.75, 3.05) is 6.61 Å². The van der Waals surface area contributed by atoms with E-state index in [9.17, 15) is 4.39 Å². The van der Waals surface area contributed by atoms with Crippen molar-refractivity contribution in [2.45, 2.75) is 32.9 Å². The van der Waals surface area contributed by atoms with Crippen LogP contribution >= 0.6 is 0 Å². The van der Waals surface area contributed by atoms with Gasteiger partial charge in [-0.05, 0) is 36.6 Å². The highest BCUT2D eigenvalue weighted by Crippen LogP contribution is 2.10. The Kier molecular flexibility index (Phi) is 4.72. The fraction of sp³-hybridized carbons (Fsp3) is 0.500. The van der Waals surface area contributed by atoms with Gasteiger partial charge in [0.15, 0.2) is 0 Å². The van der Waals surface area contributed by atoms with Gasteiger partial charge < -0.3 is 10.4 Å². The Morgan fingerprint density at radius 2 is 2.20 bits per heavy atom. The lowest BCUT2D eigenvalue weighted by Crippen LogP contribution is -2.31. The lowest BCUT2D eigenvalue weighted by atomic mass is 10.1. The van der Waals surface area contributed by atoms with Crippen LogP contribution in [0.2, 0.25) is 0 Å². The molecule has 0 aromatic heterocycles. The van der Waals surface area contributed by atoms with Crippen LogP contribution in [0.15, 0.2) is 18.2 Å². The maximum Gasteiger partial charge on any atom is 0.123 e. The van der Waals surface area contributed by atoms with Crippen molar-refractivity contribution < 1.29 is 9.50 Å². The van der Waals surface area contributed by atoms with Gasteiger partial charge in [-0.15, -0.1) is 0 Å². The average molecular weight is 211 g/mol. The molecule has 1 rings (SSSR count). The highest BCUT2D eigenvalue weighted by atomic mass is 19.1. The van der Waals surface area contributed by atoms with E-state index in [1.807, 2.05) is 13.8 Å². The monoisotopic (exact) mass is 211 g/mol. The minimum Gasteiger partial charge on any atom is -0.395 e. The highest BCUT2D eigenvalue weighted by Gasteiger charge is 2.05. The van der Waals surface area contributed by atoms with E-state index in [1.54, 1.807) is 6.07 Å². The number of nitrogens with one attached hydrogen (secondary N) is 1. The van der Waals surface area contributed by atoms with Crippen LogP contribution in [0.3, 0.4) is 0 Å². The van der Waals surface area contributed by atoms with Gasteiger partial charge in [0.05, 0.1) is 6.61 Å². The Hall–Kier alpha value is -0.930. The van der Waals surface area contributed by atoms with Crippen LogP contribution in [0.25, 0.3) is 0 Å². The zero-order valence-electron chi connectivity index (χ0n) is 9.26. The van der Waals surface area contributed by atoms with E-state index in [4.69, 9.17) is 5.11 Å². The molecule has 0 aliphatic rings. The molecule has 0 heterocycles. The van der Waals surface area contributed by atoms with Gasteiger partial charge >= 0.3 is 0 Å². The maximum absolute atomic E-state index is 12.8. The second-order valence-corrected chi connectivity index (χ2v) is 3.74. The fourth-order valence-electron chi connectivity index (χ4n) is 1.45. The molecule has 1 atom stereocenters. The second kappa shape index (κ2) is 5.83. The summed E-state index contributed by atoms with van der Waals surface area (Å²) < 4.78 is 12.8. The zero-order valence-corrected chi connectivity index (χ0v) is 9.26. The third-order valence-electron chi connectivity index (χ3n) is 2.60. The molecular weight excluding hydrogens is 193 g/mol. The van der Waals surface area contributed by atoms with E-state index in [0.29, 0.717) is 6.54 Å². The van der Waals surface area contributed by atoms with Crippen molar-refractivity contribution in [3.8, 4) is 0 Å². The van der Waals surface area contributed by atoms with Crippen LogP contribution in [-0.4, -0.2) is 17.8 Å². The molecule has 0 fully saturated rings. The number of aryl methyl sites for hydroxylation is 1. The van der Waals surface area contributed by atoms with Crippen molar-refractivity contribution in [3.63, 3.8) is 0 Å². The molecule has 2 N–H and O–H groups in total. The molecule has 0 bridgehead atoms. The van der Waals surface area contributed by atoms with E-state index < -0.39 is 0 Å². The first kappa shape index (κ1) is 12.1. The van der Waals surface area contributed by atoms with Crippen LogP contribution in [0.5, 0.6) is 0 Å². The Balaban J connectivity index is 2.57. The van der Waals surface area contributed by atoms with Gasteiger partial charge in [0.25, 0.3) is 0 Å². The Morgan fingerprint density at radius 1 is 1.47 bits per heavy atom. The number of benzene rings is 1. The third kappa shape index (κ3) is 3.61. The highest BCUT2D eigenvalue weighted by molar-refractivity contribution is 5.26. The number of hydrogen-bond acceptors (Lipinski definition) is 2. The lowest BCUT2D eigenvalue weighted by Gasteiger charge is -2.15. The number of halogens is 1. The van der Waals surface area contributed by atoms with Crippen molar-refractivity contribution >= 4 is 0 Å². The van der Waals surface area contributed by atoms with E-state index in [0.717, 1.165) is 17.5 Å². The normalized spacial score (nSPS) is 12.8. The number of aliphatic hydroxyl groups excluding tert-OH is 1. The molecule has 1 unspecified atom stereocenters. The molecule has 0 saturated heterocycles. The molecule has 15 heavy (non-hydrogen) atoms. The predicted octanol–water partition coefficient (Wildman–Crippen LogP) is 1.99. The molecule has 0 amide bonds. The SMILES string of the molecule is CCC(CO)NCc1ccc(F)cc1C. The molecular formula is C12H18FNO. The van der Waals surface area contributed by atoms with Crippen LogP contribution in [0.4, 0.5) is 4.39 Å². The Labute approximate surface area is 90.1 Å². The lowest BCUT2D eigenvalue weighted by molar-refractivity contribution is 0.238. The molecule has 0 saturated carbocycles. The van der Waals surface area contributed by atoms with Gasteiger partial charge in [-0.25, -0.2) is 4.39 Å². The summed E-state index contributed by atoms with van der Waals surface area (Å²) in [6.45, 7) is 4.72. The summed E-state index contributed by atoms with van der Waals surface area (Å²) in [5.41, 5.74) is 2.01. The number of rotatable bonds is 5. The van der Waals surface area contributed by atoms with Crippen molar-refractivity contribution in [2.24, 2.45) is 0 Å². The van der Waals surface area contributed by atoms with E-state index in [1.165, 1.54) is 12.1 Å². The minimum absolute atomic E-state index is 0.120. The first-order chi connectivity index (χ1) is 7.17. The molecule has 0 aliphatic carbocycles. The third-order valence-corrected chi connectivity index (χ3v) is 2.60. The average Bonchev–Trinajstić information content (AvgIpc) is 2.22. The topological polar surface area (TPSA) is 32.3 Å². The summed E-state index contributed by atoms with van der Waals surface area (Å²) in [4.78, 5) is 0. The minimum atomic E-state index is -0.203. The van der Waals surface area contributed by atoms with Crippen LogP contribution in [-0.2, 0) is 6.54 Å². The summed E-state index contributed by atoms with van der Waals surface area (Å²) in [7, 11) is 0. The number of aliphatic hydroxyl groups is 1. The fourth-order valence-corrected chi connectivity index (χ4v) is 1.45. The van der Waals surface area contributed by atoms with Gasteiger partial charge in [0.2, 0.25) is 0 Å². The zero-order chi connectivity index (χ0) is 11.3. The summed E-state index contributed by atoms with van der Waals surface area (Å²) in [5.74, 6) is -0.203. The summed E-state index contributed by atoms with van der Waals surface area (Å²) in [6.07, 6.45) is 0.886. The standard InChI is InChI=1S/C12H18FNO/c1-3-12(8-15)14-7-10-4-5-11(13)6-9(10)2/h4-6,12,14-15H,3,7-8H2,1-2H3. The second-order valence-electron chi connectivity index (χ2n) is 3.74. The van der Waals surface area contributed by atoms with Crippen molar-refractivity contribution in [1.29, 1.82) is 0 Å². The van der Waals surface area contributed by atoms with E-state index >= 15 is 0 Å². The molecule has 0 spiro atoms. The van der Waals surface area contributed by atoms with E-state index in [2.05, 4.69) is 5.32 Å². The largest absolute Gasteiger partial charge is 0.395 e. The van der Waals surface area contributed by atoms with Crippen molar-refractivity contribution in [3.05, 3.63) is 35.1 Å².